The topological polar surface area (TPSA) is 147 Å². The van der Waals surface area contributed by atoms with Crippen LogP contribution in [0.3, 0.4) is 0 Å². The highest BCUT2D eigenvalue weighted by Crippen LogP contribution is 2.51. The summed E-state index contributed by atoms with van der Waals surface area (Å²) in [6.07, 6.45) is 12.8. The lowest BCUT2D eigenvalue weighted by Crippen LogP contribution is -2.57. The second-order valence-corrected chi connectivity index (χ2v) is 16.8. The van der Waals surface area contributed by atoms with Gasteiger partial charge in [0.15, 0.2) is 0 Å². The molecule has 284 valence electrons. The van der Waals surface area contributed by atoms with Gasteiger partial charge in [0, 0.05) is 81.6 Å². The number of aliphatic imine (C=N–C) groups is 1. The number of nitrogens with zero attached hydrogens (tertiary/aromatic N) is 5. The predicted molar refractivity (Wildman–Crippen MR) is 203 cm³/mol. The van der Waals surface area contributed by atoms with Crippen molar-refractivity contribution in [3.8, 4) is 0 Å². The zero-order valence-electron chi connectivity index (χ0n) is 30.6. The van der Waals surface area contributed by atoms with E-state index in [9.17, 15) is 13.2 Å². The van der Waals surface area contributed by atoms with E-state index in [0.29, 0.717) is 30.3 Å². The number of hydrogen-bond acceptors (Lipinski definition) is 10. The normalized spacial score (nSPS) is 23.1. The van der Waals surface area contributed by atoms with Gasteiger partial charge in [-0.1, -0.05) is 18.6 Å². The number of piperidine rings is 1. The summed E-state index contributed by atoms with van der Waals surface area (Å²) < 4.78 is 49.3. The lowest BCUT2D eigenvalue weighted by Gasteiger charge is -2.52. The Bertz CT molecular complexity index is 1940. The molecule has 3 atom stereocenters. The molecule has 2 aromatic carbocycles. The minimum Gasteiger partial charge on any atom is -0.453 e. The molecule has 0 radical (unpaired) electrons. The Kier molecular flexibility index (Phi) is 10.9. The summed E-state index contributed by atoms with van der Waals surface area (Å²) in [5, 5.41) is 6.56. The Hall–Kier alpha value is -4.27. The summed E-state index contributed by atoms with van der Waals surface area (Å²) in [6.45, 7) is 5.95. The monoisotopic (exact) mass is 746 g/mol. The van der Waals surface area contributed by atoms with Crippen molar-refractivity contribution in [2.75, 3.05) is 58.3 Å². The summed E-state index contributed by atoms with van der Waals surface area (Å²) in [5.74, 6) is 0.421. The highest BCUT2D eigenvalue weighted by atomic mass is 32.2. The van der Waals surface area contributed by atoms with Gasteiger partial charge >= 0.3 is 6.09 Å². The minimum atomic E-state index is -3.79. The molecule has 1 unspecified atom stereocenters. The van der Waals surface area contributed by atoms with Crippen molar-refractivity contribution in [1.29, 1.82) is 0 Å². The number of anilines is 1. The number of fused-ring (bicyclic) bond motifs is 1. The number of ether oxygens (including phenoxy) is 1. The average molecular weight is 747 g/mol. The van der Waals surface area contributed by atoms with Crippen LogP contribution in [0.5, 0.6) is 0 Å². The number of hydrogen-bond donors (Lipinski definition) is 3. The first-order valence-corrected chi connectivity index (χ1v) is 20.2. The second kappa shape index (κ2) is 15.6. The second-order valence-electron chi connectivity index (χ2n) is 14.9. The number of amides is 1. The third kappa shape index (κ3) is 6.96. The van der Waals surface area contributed by atoms with Crippen LogP contribution in [0.4, 0.5) is 14.9 Å². The molecule has 1 amide bonds. The Morgan fingerprint density at radius 3 is 2.68 bits per heavy atom. The minimum absolute atomic E-state index is 0.000360. The van der Waals surface area contributed by atoms with Gasteiger partial charge in [-0.3, -0.25) is 4.99 Å². The van der Waals surface area contributed by atoms with Crippen LogP contribution < -0.4 is 21.3 Å². The summed E-state index contributed by atoms with van der Waals surface area (Å²) in [6, 6.07) is 10.6. The van der Waals surface area contributed by atoms with Gasteiger partial charge in [0.1, 0.15) is 10.7 Å². The first-order valence-electron chi connectivity index (χ1n) is 18.7. The lowest BCUT2D eigenvalue weighted by atomic mass is 9.64. The van der Waals surface area contributed by atoms with Crippen LogP contribution in [0.25, 0.3) is 0 Å². The van der Waals surface area contributed by atoms with Crippen molar-refractivity contribution in [2.24, 2.45) is 28.5 Å². The lowest BCUT2D eigenvalue weighted by molar-refractivity contribution is 0.0469. The van der Waals surface area contributed by atoms with Gasteiger partial charge in [0.25, 0.3) is 0 Å². The third-order valence-electron chi connectivity index (χ3n) is 12.1. The third-order valence-corrected chi connectivity index (χ3v) is 13.9. The summed E-state index contributed by atoms with van der Waals surface area (Å²) in [7, 11) is -0.873. The molecule has 3 fully saturated rings. The van der Waals surface area contributed by atoms with E-state index in [1.165, 1.54) is 26.4 Å². The van der Waals surface area contributed by atoms with Crippen molar-refractivity contribution in [1.82, 2.24) is 25.1 Å². The van der Waals surface area contributed by atoms with Crippen molar-refractivity contribution < 1.29 is 22.3 Å². The van der Waals surface area contributed by atoms with Gasteiger partial charge in [0.05, 0.1) is 23.9 Å². The molecule has 1 aliphatic carbocycles. The van der Waals surface area contributed by atoms with E-state index in [-0.39, 0.29) is 28.6 Å². The predicted octanol–water partition coefficient (Wildman–Crippen LogP) is 4.06. The van der Waals surface area contributed by atoms with Crippen LogP contribution >= 0.6 is 0 Å². The molecule has 4 N–H and O–H groups in total. The number of allylic oxidation sites excluding steroid dienone is 1. The summed E-state index contributed by atoms with van der Waals surface area (Å²) >= 11 is 0. The van der Waals surface area contributed by atoms with Gasteiger partial charge in [-0.25, -0.2) is 22.6 Å². The zero-order chi connectivity index (χ0) is 37.2. The van der Waals surface area contributed by atoms with Crippen LogP contribution in [-0.2, 0) is 33.1 Å². The molecule has 4 aliphatic rings. The Balaban J connectivity index is 1.07. The van der Waals surface area contributed by atoms with Crippen LogP contribution in [0.2, 0.25) is 0 Å². The van der Waals surface area contributed by atoms with Crippen LogP contribution in [0.1, 0.15) is 48.8 Å². The van der Waals surface area contributed by atoms with E-state index in [2.05, 4.69) is 35.0 Å². The van der Waals surface area contributed by atoms with Crippen molar-refractivity contribution >= 4 is 27.8 Å². The van der Waals surface area contributed by atoms with Gasteiger partial charge in [0.2, 0.25) is 9.84 Å². The fourth-order valence-corrected chi connectivity index (χ4v) is 11.2. The number of carbonyl (C=O) groups is 1. The fourth-order valence-electron chi connectivity index (χ4n) is 9.75. The van der Waals surface area contributed by atoms with Gasteiger partial charge in [-0.2, -0.15) is 0 Å². The number of nitrogens with two attached hydrogens (primary N) is 1. The zero-order valence-corrected chi connectivity index (χ0v) is 31.4. The van der Waals surface area contributed by atoms with Crippen molar-refractivity contribution in [3.05, 3.63) is 88.7 Å². The molecule has 1 aromatic heterocycles. The average Bonchev–Trinajstić information content (AvgIpc) is 3.86. The molecule has 0 bridgehead atoms. The number of imidazole rings is 1. The fraction of sp³-hybridized carbons (Fsp3) is 0.513. The Morgan fingerprint density at radius 2 is 1.98 bits per heavy atom. The Morgan fingerprint density at radius 1 is 1.17 bits per heavy atom. The number of aromatic nitrogens is 2. The van der Waals surface area contributed by atoms with Crippen LogP contribution in [0.15, 0.2) is 76.1 Å². The molecule has 2 saturated heterocycles. The molecule has 53 heavy (non-hydrogen) atoms. The molecule has 0 spiro atoms. The van der Waals surface area contributed by atoms with E-state index < -0.39 is 21.5 Å². The number of methoxy groups -OCH3 is 1. The van der Waals surface area contributed by atoms with Gasteiger partial charge < -0.3 is 35.5 Å². The van der Waals surface area contributed by atoms with Gasteiger partial charge in [-0.15, -0.1) is 0 Å². The van der Waals surface area contributed by atoms with E-state index >= 15 is 4.39 Å². The molecule has 3 aliphatic heterocycles. The first kappa shape index (κ1) is 37.1. The largest absolute Gasteiger partial charge is 0.453 e. The number of rotatable bonds is 11. The van der Waals surface area contributed by atoms with Crippen LogP contribution in [0, 0.1) is 23.6 Å². The Labute approximate surface area is 311 Å². The number of sulfone groups is 1. The van der Waals surface area contributed by atoms with E-state index in [0.717, 1.165) is 93.4 Å². The first-order chi connectivity index (χ1) is 25.7. The van der Waals surface area contributed by atoms with Crippen molar-refractivity contribution in [3.63, 3.8) is 0 Å². The molecular weight excluding hydrogens is 696 g/mol. The molecule has 1 saturated carbocycles. The highest BCUT2D eigenvalue weighted by molar-refractivity contribution is 7.96. The summed E-state index contributed by atoms with van der Waals surface area (Å²) in [4.78, 5) is 26.1. The smallest absolute Gasteiger partial charge is 0.407 e. The standard InChI is InChI=1S/C39H51FN8O4S/c1-42-21-31(20-41)53(50,51)37-10-9-36(33-22-43-14-11-32(33)37)47-24-27(25-47)23-46-16-12-28(13-17-46)39(48-18-15-44-26-48,29-5-3-6-30(40)19-29)34-7-4-8-35(34)45-38(49)52-2/h3,5-6,9-10,15,18-21,26-28,34-35,43H,4,7-8,11-14,16-17,22-25,41H2,1-2H3,(H,45,49)/t34-,35-,39?/m0/s1. The van der Waals surface area contributed by atoms with E-state index in [4.69, 9.17) is 10.5 Å². The maximum atomic E-state index is 15.0. The number of likely N-dealkylation sites (tertiary alicyclic amines) is 1. The molecule has 12 nitrogen and oxygen atoms in total. The number of nitrogens with one attached hydrogen (secondary N) is 2. The molecule has 14 heteroatoms. The number of alkyl carbamates (subject to hydrolysis) is 1. The molecular formula is C39H51FN8O4S. The molecule has 7 rings (SSSR count). The number of carbonyl (C=O) groups excluding carboxylic acids is 1. The number of halogens is 1. The van der Waals surface area contributed by atoms with Crippen LogP contribution in [-0.4, -0.2) is 94.6 Å². The quantitative estimate of drug-likeness (QED) is 0.247. The van der Waals surface area contributed by atoms with Crippen molar-refractivity contribution in [2.45, 2.75) is 61.5 Å². The maximum Gasteiger partial charge on any atom is 0.407 e. The molecule has 3 aromatic rings. The molecule has 4 heterocycles. The SMILES string of the molecule is CN=CC(=CN)S(=O)(=O)c1ccc(N2CC(CN3CCC(C(c4cccc(F)c4)([C@H]4CCC[C@@H]4NC(=O)OC)n4ccnc4)CC3)C2)c2c1CCNC2. The van der Waals surface area contributed by atoms with E-state index in [1.54, 1.807) is 24.4 Å². The highest BCUT2D eigenvalue weighted by Gasteiger charge is 2.53. The van der Waals surface area contributed by atoms with E-state index in [1.807, 2.05) is 24.7 Å². The van der Waals surface area contributed by atoms with Gasteiger partial charge in [-0.05, 0) is 98.6 Å². The maximum absolute atomic E-state index is 15.0. The summed E-state index contributed by atoms with van der Waals surface area (Å²) in [5.41, 5.74) is 9.02. The number of benzene rings is 2.